The molecule has 2 N–H and O–H groups in total. The predicted molar refractivity (Wildman–Crippen MR) is 159 cm³/mol. The first-order chi connectivity index (χ1) is 20.3. The molecule has 1 atom stereocenters. The summed E-state index contributed by atoms with van der Waals surface area (Å²) in [5.74, 6) is -1.23. The lowest BCUT2D eigenvalue weighted by Crippen LogP contribution is -2.57. The van der Waals surface area contributed by atoms with Crippen LogP contribution in [0.15, 0.2) is 78.9 Å². The average molecular weight is 568 g/mol. The number of carbonyl (C=O) groups excluding carboxylic acids is 2. The number of nitrogens with one attached hydrogen (secondary N) is 1. The smallest absolute Gasteiger partial charge is 0.407 e. The first kappa shape index (κ1) is 28.0. The van der Waals surface area contributed by atoms with E-state index in [1.165, 1.54) is 0 Å². The van der Waals surface area contributed by atoms with E-state index in [9.17, 15) is 19.5 Å². The van der Waals surface area contributed by atoms with E-state index in [0.29, 0.717) is 19.4 Å². The van der Waals surface area contributed by atoms with Crippen molar-refractivity contribution in [3.8, 4) is 11.1 Å². The zero-order valence-electron chi connectivity index (χ0n) is 23.9. The van der Waals surface area contributed by atoms with Crippen molar-refractivity contribution in [3.05, 3.63) is 95.6 Å². The lowest BCUT2D eigenvalue weighted by atomic mass is 9.85. The van der Waals surface area contributed by atoms with E-state index in [1.807, 2.05) is 66.5 Å². The normalized spacial score (nSPS) is 21.2. The van der Waals surface area contributed by atoms with Crippen molar-refractivity contribution in [2.45, 2.75) is 62.2 Å². The van der Waals surface area contributed by atoms with E-state index in [1.54, 1.807) is 4.90 Å². The number of rotatable bonds is 10. The van der Waals surface area contributed by atoms with Crippen LogP contribution in [0.2, 0.25) is 0 Å². The number of aliphatic carboxylic acids is 1. The van der Waals surface area contributed by atoms with Crippen LogP contribution >= 0.6 is 0 Å². The topological polar surface area (TPSA) is 99.2 Å². The van der Waals surface area contributed by atoms with Crippen LogP contribution < -0.4 is 5.32 Å². The summed E-state index contributed by atoms with van der Waals surface area (Å²) in [6.45, 7) is 1.01. The fraction of sp³-hybridized carbons (Fsp3) is 0.382. The molecular formula is C34H37N3O5. The van der Waals surface area contributed by atoms with Gasteiger partial charge in [-0.3, -0.25) is 14.5 Å². The van der Waals surface area contributed by atoms with Crippen LogP contribution in [0.5, 0.6) is 0 Å². The number of hydrogen-bond donors (Lipinski definition) is 2. The van der Waals surface area contributed by atoms with E-state index in [4.69, 9.17) is 4.74 Å². The molecule has 218 valence electrons. The quantitative estimate of drug-likeness (QED) is 0.357. The molecule has 0 saturated carbocycles. The van der Waals surface area contributed by atoms with Crippen LogP contribution in [-0.4, -0.2) is 70.7 Å². The molecule has 3 aromatic rings. The number of benzene rings is 3. The van der Waals surface area contributed by atoms with Gasteiger partial charge in [-0.05, 0) is 60.5 Å². The summed E-state index contributed by atoms with van der Waals surface area (Å²) >= 11 is 0. The maximum Gasteiger partial charge on any atom is 0.407 e. The van der Waals surface area contributed by atoms with Gasteiger partial charge >= 0.3 is 12.1 Å². The number of fused-ring (bicyclic) bond motifs is 5. The van der Waals surface area contributed by atoms with Crippen LogP contribution in [0.3, 0.4) is 0 Å². The van der Waals surface area contributed by atoms with Gasteiger partial charge in [-0.2, -0.15) is 0 Å². The van der Waals surface area contributed by atoms with Gasteiger partial charge in [-0.1, -0.05) is 78.9 Å². The van der Waals surface area contributed by atoms with Crippen LogP contribution in [-0.2, 0) is 20.9 Å². The number of alkyl carbamates (subject to hydrolysis) is 1. The standard InChI is InChI=1S/C34H37N3O5/c1-36(20-23-9-3-2-4-10-23)21-30(32(40)37-24-15-17-34(37,18-16-24)19-31(38)39)35-33(41)42-22-29-27-13-7-5-11-25(27)26-12-6-8-14-28(26)29/h2-14,24,29-30H,15-22H2,1H3,(H,35,41)(H,38,39). The van der Waals surface area contributed by atoms with Gasteiger partial charge in [0.25, 0.3) is 0 Å². The highest BCUT2D eigenvalue weighted by atomic mass is 16.5. The molecule has 0 aromatic heterocycles. The molecule has 1 aliphatic carbocycles. The molecule has 2 amide bonds. The maximum absolute atomic E-state index is 14.1. The highest BCUT2D eigenvalue weighted by Gasteiger charge is 2.55. The van der Waals surface area contributed by atoms with Crippen LogP contribution in [0.1, 0.15) is 54.7 Å². The van der Waals surface area contributed by atoms with Crippen molar-refractivity contribution in [3.63, 3.8) is 0 Å². The molecule has 42 heavy (non-hydrogen) atoms. The highest BCUT2D eigenvalue weighted by molar-refractivity contribution is 5.88. The molecule has 2 heterocycles. The average Bonchev–Trinajstić information content (AvgIpc) is 3.62. The third-order valence-corrected chi connectivity index (χ3v) is 9.20. The van der Waals surface area contributed by atoms with E-state index in [0.717, 1.165) is 40.7 Å². The van der Waals surface area contributed by atoms with Gasteiger partial charge < -0.3 is 20.1 Å². The fourth-order valence-electron chi connectivity index (χ4n) is 7.39. The Kier molecular flexibility index (Phi) is 7.73. The van der Waals surface area contributed by atoms with E-state index >= 15 is 0 Å². The molecule has 2 bridgehead atoms. The first-order valence-corrected chi connectivity index (χ1v) is 14.7. The van der Waals surface area contributed by atoms with E-state index in [-0.39, 0.29) is 37.4 Å². The van der Waals surface area contributed by atoms with E-state index < -0.39 is 23.6 Å². The largest absolute Gasteiger partial charge is 0.481 e. The van der Waals surface area contributed by atoms with Crippen molar-refractivity contribution in [1.82, 2.24) is 15.1 Å². The molecule has 0 spiro atoms. The molecule has 8 heteroatoms. The van der Waals surface area contributed by atoms with Crippen LogP contribution in [0, 0.1) is 0 Å². The Morgan fingerprint density at radius 3 is 2.17 bits per heavy atom. The minimum absolute atomic E-state index is 0.00286. The Morgan fingerprint density at radius 2 is 1.55 bits per heavy atom. The van der Waals surface area contributed by atoms with Crippen molar-refractivity contribution < 1.29 is 24.2 Å². The van der Waals surface area contributed by atoms with Crippen molar-refractivity contribution in [2.75, 3.05) is 20.2 Å². The first-order valence-electron chi connectivity index (χ1n) is 14.7. The summed E-state index contributed by atoms with van der Waals surface area (Å²) in [7, 11) is 1.91. The monoisotopic (exact) mass is 567 g/mol. The molecule has 1 unspecified atom stereocenters. The molecule has 6 rings (SSSR count). The highest BCUT2D eigenvalue weighted by Crippen LogP contribution is 2.49. The summed E-state index contributed by atoms with van der Waals surface area (Å²) in [4.78, 5) is 43.0. The number of hydrogen-bond acceptors (Lipinski definition) is 5. The number of nitrogens with zero attached hydrogens (tertiary/aromatic N) is 2. The summed E-state index contributed by atoms with van der Waals surface area (Å²) in [6.07, 6.45) is 2.20. The summed E-state index contributed by atoms with van der Waals surface area (Å²) < 4.78 is 5.81. The third kappa shape index (κ3) is 5.39. The zero-order valence-corrected chi connectivity index (χ0v) is 23.9. The van der Waals surface area contributed by atoms with Gasteiger partial charge in [0, 0.05) is 25.0 Å². The zero-order chi connectivity index (χ0) is 29.3. The van der Waals surface area contributed by atoms with Crippen molar-refractivity contribution in [2.24, 2.45) is 0 Å². The second-order valence-corrected chi connectivity index (χ2v) is 11.9. The number of carboxylic acid groups (broad SMARTS) is 1. The van der Waals surface area contributed by atoms with Gasteiger partial charge in [-0.25, -0.2) is 4.79 Å². The van der Waals surface area contributed by atoms with E-state index in [2.05, 4.69) is 29.6 Å². The molecule has 2 fully saturated rings. The molecule has 2 aliphatic heterocycles. The Bertz CT molecular complexity index is 1420. The molecule has 3 aromatic carbocycles. The predicted octanol–water partition coefficient (Wildman–Crippen LogP) is 5.02. The fourth-order valence-corrected chi connectivity index (χ4v) is 7.39. The second-order valence-electron chi connectivity index (χ2n) is 11.9. The molecular weight excluding hydrogens is 530 g/mol. The molecule has 0 radical (unpaired) electrons. The van der Waals surface area contributed by atoms with Crippen molar-refractivity contribution >= 4 is 18.0 Å². The number of ether oxygens (including phenoxy) is 1. The van der Waals surface area contributed by atoms with Crippen molar-refractivity contribution in [1.29, 1.82) is 0 Å². The summed E-state index contributed by atoms with van der Waals surface area (Å²) in [6, 6.07) is 25.4. The summed E-state index contributed by atoms with van der Waals surface area (Å²) in [5.41, 5.74) is 4.93. The van der Waals surface area contributed by atoms with Gasteiger partial charge in [0.15, 0.2) is 0 Å². The number of carboxylic acids is 1. The molecule has 2 saturated heterocycles. The number of amides is 2. The second kappa shape index (κ2) is 11.6. The molecule has 8 nitrogen and oxygen atoms in total. The van der Waals surface area contributed by atoms with Crippen LogP contribution in [0.4, 0.5) is 4.79 Å². The maximum atomic E-state index is 14.1. The molecule has 3 aliphatic rings. The number of likely N-dealkylation sites (N-methyl/N-ethyl adjacent to an activating group) is 1. The Balaban J connectivity index is 1.19. The Morgan fingerprint density at radius 1 is 0.952 bits per heavy atom. The minimum atomic E-state index is -0.905. The minimum Gasteiger partial charge on any atom is -0.481 e. The number of carbonyl (C=O) groups is 3. The SMILES string of the molecule is CN(Cc1ccccc1)CC(NC(=O)OCC1c2ccccc2-c2ccccc21)C(=O)N1C2CCC1(CC(=O)O)CC2. The summed E-state index contributed by atoms with van der Waals surface area (Å²) in [5, 5.41) is 12.5. The van der Waals surface area contributed by atoms with Gasteiger partial charge in [0.05, 0.1) is 12.0 Å². The van der Waals surface area contributed by atoms with Crippen LogP contribution in [0.25, 0.3) is 11.1 Å². The third-order valence-electron chi connectivity index (χ3n) is 9.20. The Hall–Kier alpha value is -4.17. The van der Waals surface area contributed by atoms with Gasteiger partial charge in [-0.15, -0.1) is 0 Å². The lowest BCUT2D eigenvalue weighted by Gasteiger charge is -2.37. The Labute approximate surface area is 246 Å². The van der Waals surface area contributed by atoms with Gasteiger partial charge in [0.1, 0.15) is 12.6 Å². The van der Waals surface area contributed by atoms with Gasteiger partial charge in [0.2, 0.25) is 5.91 Å². The lowest BCUT2D eigenvalue weighted by molar-refractivity contribution is -0.144.